The molecule has 0 bridgehead atoms. The van der Waals surface area contributed by atoms with Crippen molar-refractivity contribution in [1.29, 1.82) is 0 Å². The summed E-state index contributed by atoms with van der Waals surface area (Å²) in [6.45, 7) is 3.66. The van der Waals surface area contributed by atoms with E-state index in [4.69, 9.17) is 18.6 Å². The number of hydrogen-bond donors (Lipinski definition) is 0. The largest absolute Gasteiger partial charge is 0.497 e. The number of carbonyl (C=O) groups is 2. The van der Waals surface area contributed by atoms with E-state index < -0.39 is 18.0 Å². The molecule has 204 valence electrons. The van der Waals surface area contributed by atoms with Gasteiger partial charge in [0.1, 0.15) is 17.3 Å². The first-order chi connectivity index (χ1) is 19.3. The van der Waals surface area contributed by atoms with Gasteiger partial charge >= 0.3 is 11.9 Å². The first-order valence-corrected chi connectivity index (χ1v) is 13.3. The molecule has 0 fully saturated rings. The Bertz CT molecular complexity index is 1810. The van der Waals surface area contributed by atoms with Gasteiger partial charge in [0.25, 0.3) is 5.56 Å². The van der Waals surface area contributed by atoms with Gasteiger partial charge in [0.2, 0.25) is 0 Å². The van der Waals surface area contributed by atoms with Gasteiger partial charge in [-0.05, 0) is 55.8 Å². The van der Waals surface area contributed by atoms with Crippen molar-refractivity contribution in [3.8, 4) is 17.1 Å². The molecule has 0 unspecified atom stereocenters. The minimum absolute atomic E-state index is 0.193. The number of nitrogens with zero attached hydrogens (tertiary/aromatic N) is 2. The zero-order valence-electron chi connectivity index (χ0n) is 22.3. The summed E-state index contributed by atoms with van der Waals surface area (Å²) in [7, 11) is 2.90. The maximum absolute atomic E-state index is 13.8. The second-order valence-corrected chi connectivity index (χ2v) is 9.86. The highest BCUT2D eigenvalue weighted by Crippen LogP contribution is 2.31. The summed E-state index contributed by atoms with van der Waals surface area (Å²) in [5, 5.41) is 0. The average Bonchev–Trinajstić information content (AvgIpc) is 3.56. The topological polar surface area (TPSA) is 109 Å². The molecule has 0 radical (unpaired) electrons. The molecule has 2 aromatic heterocycles. The first kappa shape index (κ1) is 26.9. The van der Waals surface area contributed by atoms with Crippen molar-refractivity contribution >= 4 is 29.4 Å². The number of furan rings is 1. The molecule has 0 aliphatic carbocycles. The van der Waals surface area contributed by atoms with Gasteiger partial charge in [-0.1, -0.05) is 35.6 Å². The Morgan fingerprint density at radius 1 is 1.07 bits per heavy atom. The summed E-state index contributed by atoms with van der Waals surface area (Å²) in [6.07, 6.45) is 1.64. The van der Waals surface area contributed by atoms with Crippen LogP contribution in [0.25, 0.3) is 17.4 Å². The number of ether oxygens (including phenoxy) is 3. The zero-order valence-corrected chi connectivity index (χ0v) is 23.1. The monoisotopic (exact) mass is 558 g/mol. The molecule has 9 nitrogen and oxygen atoms in total. The normalized spacial score (nSPS) is 14.9. The van der Waals surface area contributed by atoms with Gasteiger partial charge in [-0.3, -0.25) is 9.36 Å². The van der Waals surface area contributed by atoms with Crippen molar-refractivity contribution < 1.29 is 28.2 Å². The third-order valence-electron chi connectivity index (χ3n) is 6.42. The molecule has 5 rings (SSSR count). The molecule has 0 saturated carbocycles. The Balaban J connectivity index is 1.59. The minimum atomic E-state index is -0.725. The maximum atomic E-state index is 13.8. The van der Waals surface area contributed by atoms with E-state index in [2.05, 4.69) is 4.99 Å². The van der Waals surface area contributed by atoms with Gasteiger partial charge < -0.3 is 18.6 Å². The number of thiazole rings is 1. The lowest BCUT2D eigenvalue weighted by Gasteiger charge is -2.24. The number of aromatic nitrogens is 1. The van der Waals surface area contributed by atoms with E-state index in [0.29, 0.717) is 49.0 Å². The summed E-state index contributed by atoms with van der Waals surface area (Å²) in [5.41, 5.74) is 2.28. The van der Waals surface area contributed by atoms with Crippen molar-refractivity contribution in [2.45, 2.75) is 19.9 Å². The molecule has 1 aliphatic heterocycles. The Morgan fingerprint density at radius 3 is 2.55 bits per heavy atom. The lowest BCUT2D eigenvalue weighted by molar-refractivity contribution is -0.139. The van der Waals surface area contributed by atoms with Gasteiger partial charge in [-0.15, -0.1) is 0 Å². The van der Waals surface area contributed by atoms with E-state index in [-0.39, 0.29) is 12.2 Å². The van der Waals surface area contributed by atoms with Crippen LogP contribution in [0.5, 0.6) is 5.75 Å². The highest BCUT2D eigenvalue weighted by atomic mass is 32.1. The summed E-state index contributed by atoms with van der Waals surface area (Å²) >= 11 is 1.20. The van der Waals surface area contributed by atoms with Crippen LogP contribution in [0.2, 0.25) is 0 Å². The van der Waals surface area contributed by atoms with Crippen molar-refractivity contribution in [2.24, 2.45) is 4.99 Å². The zero-order chi connectivity index (χ0) is 28.4. The predicted octanol–water partition coefficient (Wildman–Crippen LogP) is 3.85. The number of methoxy groups -OCH3 is 2. The summed E-state index contributed by atoms with van der Waals surface area (Å²) < 4.78 is 23.3. The SMILES string of the molecule is CCOC(=O)C1=C(C)N=c2s/c(=C/c3ccc(-c4cccc(C(=O)OC)c4)o3)c(=O)n2[C@H]1c1ccc(OC)cc1. The van der Waals surface area contributed by atoms with Gasteiger partial charge in [0.15, 0.2) is 4.80 Å². The number of benzene rings is 2. The average molecular weight is 559 g/mol. The fourth-order valence-electron chi connectivity index (χ4n) is 4.53. The predicted molar refractivity (Wildman–Crippen MR) is 149 cm³/mol. The van der Waals surface area contributed by atoms with E-state index in [1.807, 2.05) is 18.2 Å². The maximum Gasteiger partial charge on any atom is 0.338 e. The third-order valence-corrected chi connectivity index (χ3v) is 7.40. The summed E-state index contributed by atoms with van der Waals surface area (Å²) in [4.78, 5) is 43.8. The van der Waals surface area contributed by atoms with Crippen molar-refractivity contribution in [3.05, 3.63) is 109 Å². The van der Waals surface area contributed by atoms with E-state index in [1.165, 1.54) is 23.0 Å². The van der Waals surface area contributed by atoms with E-state index in [9.17, 15) is 14.4 Å². The van der Waals surface area contributed by atoms with Crippen LogP contribution in [0.1, 0.15) is 41.6 Å². The second-order valence-electron chi connectivity index (χ2n) is 8.85. The van der Waals surface area contributed by atoms with E-state index in [1.54, 1.807) is 69.5 Å². The highest BCUT2D eigenvalue weighted by Gasteiger charge is 2.33. The molecule has 3 heterocycles. The van der Waals surface area contributed by atoms with Gasteiger partial charge in [-0.25, -0.2) is 14.6 Å². The van der Waals surface area contributed by atoms with Crippen LogP contribution in [-0.4, -0.2) is 37.3 Å². The van der Waals surface area contributed by atoms with E-state index >= 15 is 0 Å². The summed E-state index contributed by atoms with van der Waals surface area (Å²) in [5.74, 6) is 0.662. The molecule has 2 aromatic carbocycles. The lowest BCUT2D eigenvalue weighted by Crippen LogP contribution is -2.39. The summed E-state index contributed by atoms with van der Waals surface area (Å²) in [6, 6.07) is 16.9. The van der Waals surface area contributed by atoms with Gasteiger partial charge in [0.05, 0.1) is 48.2 Å². The number of hydrogen-bond acceptors (Lipinski definition) is 9. The van der Waals surface area contributed by atoms with Gasteiger partial charge in [-0.2, -0.15) is 0 Å². The molecular formula is C30H26N2O7S. The minimum Gasteiger partial charge on any atom is -0.497 e. The number of carbonyl (C=O) groups excluding carboxylic acids is 2. The molecular weight excluding hydrogens is 532 g/mol. The Kier molecular flexibility index (Phi) is 7.52. The molecule has 10 heteroatoms. The van der Waals surface area contributed by atoms with Crippen LogP contribution < -0.4 is 19.6 Å². The molecule has 1 aliphatic rings. The highest BCUT2D eigenvalue weighted by molar-refractivity contribution is 7.07. The third kappa shape index (κ3) is 5.01. The Labute approximate surface area is 233 Å². The van der Waals surface area contributed by atoms with Gasteiger partial charge in [0, 0.05) is 11.6 Å². The van der Waals surface area contributed by atoms with Crippen molar-refractivity contribution in [3.63, 3.8) is 0 Å². The van der Waals surface area contributed by atoms with Crippen molar-refractivity contribution in [1.82, 2.24) is 4.57 Å². The fourth-order valence-corrected chi connectivity index (χ4v) is 5.55. The number of esters is 2. The Morgan fingerprint density at radius 2 is 1.85 bits per heavy atom. The molecule has 0 N–H and O–H groups in total. The van der Waals surface area contributed by atoms with Crippen LogP contribution in [0.3, 0.4) is 0 Å². The van der Waals surface area contributed by atoms with E-state index in [0.717, 1.165) is 5.56 Å². The molecule has 1 atom stereocenters. The molecule has 0 amide bonds. The van der Waals surface area contributed by atoms with Crippen LogP contribution in [0, 0.1) is 0 Å². The quantitative estimate of drug-likeness (QED) is 0.317. The number of fused-ring (bicyclic) bond motifs is 1. The van der Waals surface area contributed by atoms with Crippen LogP contribution in [-0.2, 0) is 14.3 Å². The standard InChI is InChI=1S/C30H26N2O7S/c1-5-38-29(35)25-17(2)31-30-32(26(25)18-9-11-21(36-3)12-10-18)27(33)24(40-30)16-22-13-14-23(39-22)19-7-6-8-20(15-19)28(34)37-4/h6-16,26H,5H2,1-4H3/b24-16+/t26-/m0/s1. The van der Waals surface area contributed by atoms with Crippen LogP contribution >= 0.6 is 11.3 Å². The lowest BCUT2D eigenvalue weighted by atomic mass is 9.96. The Hall–Kier alpha value is -4.70. The molecule has 0 spiro atoms. The smallest absolute Gasteiger partial charge is 0.338 e. The van der Waals surface area contributed by atoms with Crippen LogP contribution in [0.15, 0.2) is 86.1 Å². The van der Waals surface area contributed by atoms with Crippen molar-refractivity contribution in [2.75, 3.05) is 20.8 Å². The number of rotatable bonds is 7. The fraction of sp³-hybridized carbons (Fsp3) is 0.200. The van der Waals surface area contributed by atoms with Crippen LogP contribution in [0.4, 0.5) is 0 Å². The molecule has 0 saturated heterocycles. The molecule has 40 heavy (non-hydrogen) atoms. The number of allylic oxidation sites excluding steroid dienone is 1. The molecule has 4 aromatic rings. The second kappa shape index (κ2) is 11.2. The first-order valence-electron chi connectivity index (χ1n) is 12.5.